The van der Waals surface area contributed by atoms with Crippen LogP contribution in [0.2, 0.25) is 0 Å². The van der Waals surface area contributed by atoms with Crippen molar-refractivity contribution in [3.8, 4) is 0 Å². The first-order valence-corrected chi connectivity index (χ1v) is 9.27. The molecule has 2 atom stereocenters. The molecule has 3 N–H and O–H groups in total. The van der Waals surface area contributed by atoms with Gasteiger partial charge in [-0.3, -0.25) is 4.79 Å². The van der Waals surface area contributed by atoms with E-state index in [4.69, 9.17) is 0 Å². The summed E-state index contributed by atoms with van der Waals surface area (Å²) in [6, 6.07) is 18.5. The summed E-state index contributed by atoms with van der Waals surface area (Å²) in [5.41, 5.74) is 1.12. The number of rotatable bonds is 9. The molecule has 2 rings (SSSR count). The van der Waals surface area contributed by atoms with E-state index in [0.29, 0.717) is 12.8 Å². The predicted molar refractivity (Wildman–Crippen MR) is 104 cm³/mol. The van der Waals surface area contributed by atoms with Crippen molar-refractivity contribution < 1.29 is 15.0 Å². The molecule has 0 aromatic heterocycles. The Morgan fingerprint density at radius 1 is 1.00 bits per heavy atom. The van der Waals surface area contributed by atoms with E-state index in [2.05, 4.69) is 5.32 Å². The lowest BCUT2D eigenvalue weighted by Gasteiger charge is -2.33. The number of carbonyl (C=O) groups is 1. The highest BCUT2D eigenvalue weighted by Crippen LogP contribution is 2.32. The molecular weight excluding hydrogens is 326 g/mol. The van der Waals surface area contributed by atoms with Crippen molar-refractivity contribution in [1.82, 2.24) is 5.32 Å². The first-order chi connectivity index (χ1) is 12.6. The normalized spacial score (nSPS) is 13.8. The Hall–Kier alpha value is -2.17. The summed E-state index contributed by atoms with van der Waals surface area (Å²) in [5, 5.41) is 23.1. The lowest BCUT2D eigenvalue weighted by atomic mass is 9.75. The average Bonchev–Trinajstić information content (AvgIpc) is 2.70. The molecule has 0 aliphatic rings. The summed E-state index contributed by atoms with van der Waals surface area (Å²) >= 11 is 0. The molecule has 0 aliphatic heterocycles. The van der Waals surface area contributed by atoms with Crippen LogP contribution in [0, 0.1) is 0 Å². The van der Waals surface area contributed by atoms with Gasteiger partial charge in [0.25, 0.3) is 0 Å². The molecule has 4 nitrogen and oxygen atoms in total. The van der Waals surface area contributed by atoms with Gasteiger partial charge in [-0.1, -0.05) is 74.5 Å². The fraction of sp³-hybridized carbons (Fsp3) is 0.409. The second-order valence-corrected chi connectivity index (χ2v) is 6.67. The summed E-state index contributed by atoms with van der Waals surface area (Å²) in [4.78, 5) is 13.1. The van der Waals surface area contributed by atoms with E-state index in [1.807, 2.05) is 74.5 Å². The Balaban J connectivity index is 2.13. The summed E-state index contributed by atoms with van der Waals surface area (Å²) in [5.74, 6) is -0.104. The number of hydrogen-bond acceptors (Lipinski definition) is 3. The van der Waals surface area contributed by atoms with Crippen molar-refractivity contribution >= 4 is 5.91 Å². The van der Waals surface area contributed by atoms with Crippen molar-refractivity contribution in [2.75, 3.05) is 6.61 Å². The van der Waals surface area contributed by atoms with Crippen LogP contribution in [0.1, 0.15) is 50.3 Å². The van der Waals surface area contributed by atoms with Crippen LogP contribution in [0.15, 0.2) is 60.7 Å². The largest absolute Gasteiger partial charge is 0.394 e. The monoisotopic (exact) mass is 355 g/mol. The Morgan fingerprint density at radius 3 is 2.04 bits per heavy atom. The number of carbonyl (C=O) groups excluding carboxylic acids is 1. The first kappa shape index (κ1) is 20.1. The lowest BCUT2D eigenvalue weighted by Crippen LogP contribution is -2.49. The van der Waals surface area contributed by atoms with E-state index in [0.717, 1.165) is 11.1 Å². The van der Waals surface area contributed by atoms with Gasteiger partial charge in [-0.2, -0.15) is 0 Å². The second kappa shape index (κ2) is 9.51. The van der Waals surface area contributed by atoms with Crippen LogP contribution in [-0.2, 0) is 10.2 Å². The van der Waals surface area contributed by atoms with Crippen molar-refractivity contribution in [2.45, 2.75) is 50.7 Å². The molecule has 2 unspecified atom stereocenters. The maximum Gasteiger partial charge on any atom is 0.230 e. The van der Waals surface area contributed by atoms with Crippen molar-refractivity contribution in [1.29, 1.82) is 0 Å². The van der Waals surface area contributed by atoms with E-state index in [9.17, 15) is 15.0 Å². The number of nitrogens with one attached hydrogen (secondary N) is 1. The van der Waals surface area contributed by atoms with Gasteiger partial charge in [-0.15, -0.1) is 0 Å². The highest BCUT2D eigenvalue weighted by molar-refractivity contribution is 5.88. The third kappa shape index (κ3) is 4.51. The summed E-state index contributed by atoms with van der Waals surface area (Å²) in [6.45, 7) is 3.79. The Morgan fingerprint density at radius 2 is 1.54 bits per heavy atom. The zero-order valence-electron chi connectivity index (χ0n) is 15.6. The van der Waals surface area contributed by atoms with Crippen molar-refractivity contribution in [3.05, 3.63) is 71.8 Å². The van der Waals surface area contributed by atoms with Gasteiger partial charge in [0.2, 0.25) is 5.91 Å². The van der Waals surface area contributed by atoms with Gasteiger partial charge in [0, 0.05) is 0 Å². The predicted octanol–water partition coefficient (Wildman–Crippen LogP) is 3.35. The molecule has 0 aliphatic carbocycles. The first-order valence-electron chi connectivity index (χ1n) is 9.27. The Bertz CT molecular complexity index is 668. The van der Waals surface area contributed by atoms with Crippen LogP contribution in [0.25, 0.3) is 0 Å². The Kier molecular flexibility index (Phi) is 7.37. The standard InChI is InChI=1S/C22H29NO3/c1-3-22(4-2,18-13-9-6-10-14-18)21(26)23-19(16-24)15-20(25)17-11-7-5-8-12-17/h5-14,19-20,24-25H,3-4,15-16H2,1-2H3,(H,23,26). The van der Waals surface area contributed by atoms with Gasteiger partial charge >= 0.3 is 0 Å². The van der Waals surface area contributed by atoms with Gasteiger partial charge in [0.1, 0.15) is 0 Å². The number of aliphatic hydroxyl groups excluding tert-OH is 2. The molecule has 2 aromatic carbocycles. The van der Waals surface area contributed by atoms with Gasteiger partial charge < -0.3 is 15.5 Å². The van der Waals surface area contributed by atoms with E-state index in [1.54, 1.807) is 0 Å². The minimum absolute atomic E-state index is 0.104. The smallest absolute Gasteiger partial charge is 0.230 e. The quantitative estimate of drug-likeness (QED) is 0.646. The molecule has 140 valence electrons. The summed E-state index contributed by atoms with van der Waals surface area (Å²) < 4.78 is 0. The molecule has 0 saturated heterocycles. The lowest BCUT2D eigenvalue weighted by molar-refractivity contribution is -0.128. The molecule has 0 saturated carbocycles. The molecule has 4 heteroatoms. The number of aliphatic hydroxyl groups is 2. The number of hydrogen-bond donors (Lipinski definition) is 3. The van der Waals surface area contributed by atoms with E-state index < -0.39 is 17.6 Å². The van der Waals surface area contributed by atoms with Crippen molar-refractivity contribution in [2.24, 2.45) is 0 Å². The third-order valence-electron chi connectivity index (χ3n) is 5.22. The molecule has 0 spiro atoms. The maximum atomic E-state index is 13.1. The second-order valence-electron chi connectivity index (χ2n) is 6.67. The summed E-state index contributed by atoms with van der Waals surface area (Å²) in [7, 11) is 0. The Labute approximate surface area is 155 Å². The van der Waals surface area contributed by atoms with E-state index >= 15 is 0 Å². The van der Waals surface area contributed by atoms with Gasteiger partial charge in [-0.25, -0.2) is 0 Å². The van der Waals surface area contributed by atoms with Crippen LogP contribution < -0.4 is 5.32 Å². The van der Waals surface area contributed by atoms with Crippen molar-refractivity contribution in [3.63, 3.8) is 0 Å². The van der Waals surface area contributed by atoms with Crippen LogP contribution in [-0.4, -0.2) is 28.8 Å². The highest BCUT2D eigenvalue weighted by Gasteiger charge is 2.37. The zero-order chi connectivity index (χ0) is 19.0. The van der Waals surface area contributed by atoms with Crippen LogP contribution in [0.4, 0.5) is 0 Å². The minimum Gasteiger partial charge on any atom is -0.394 e. The zero-order valence-corrected chi connectivity index (χ0v) is 15.6. The average molecular weight is 355 g/mol. The third-order valence-corrected chi connectivity index (χ3v) is 5.22. The summed E-state index contributed by atoms with van der Waals surface area (Å²) in [6.07, 6.45) is 0.866. The molecule has 0 bridgehead atoms. The number of benzene rings is 2. The van der Waals surface area contributed by atoms with Gasteiger partial charge in [0.05, 0.1) is 24.2 Å². The molecule has 0 radical (unpaired) electrons. The van der Waals surface area contributed by atoms with E-state index in [-0.39, 0.29) is 18.9 Å². The fourth-order valence-corrected chi connectivity index (χ4v) is 3.45. The van der Waals surface area contributed by atoms with E-state index in [1.165, 1.54) is 0 Å². The van der Waals surface area contributed by atoms with Crippen LogP contribution in [0.3, 0.4) is 0 Å². The van der Waals surface area contributed by atoms with Gasteiger partial charge in [0.15, 0.2) is 0 Å². The van der Waals surface area contributed by atoms with Crippen LogP contribution in [0.5, 0.6) is 0 Å². The topological polar surface area (TPSA) is 69.6 Å². The fourth-order valence-electron chi connectivity index (χ4n) is 3.45. The molecule has 0 fully saturated rings. The number of amides is 1. The molecular formula is C22H29NO3. The SMILES string of the molecule is CCC(CC)(C(=O)NC(CO)CC(O)c1ccccc1)c1ccccc1. The molecule has 1 amide bonds. The minimum atomic E-state index is -0.733. The molecule has 0 heterocycles. The maximum absolute atomic E-state index is 13.1. The highest BCUT2D eigenvalue weighted by atomic mass is 16.3. The van der Waals surface area contributed by atoms with Crippen LogP contribution >= 0.6 is 0 Å². The molecule has 26 heavy (non-hydrogen) atoms. The van der Waals surface area contributed by atoms with Gasteiger partial charge in [-0.05, 0) is 30.4 Å². The molecule has 2 aromatic rings.